The maximum atomic E-state index is 6.77. The summed E-state index contributed by atoms with van der Waals surface area (Å²) in [6.45, 7) is 24.9. The minimum atomic E-state index is -1.92. The topological polar surface area (TPSA) is 36.9 Å². The molecule has 0 amide bonds. The highest BCUT2D eigenvalue weighted by atomic mass is 28.4. The molecule has 31 heavy (non-hydrogen) atoms. The molecule has 1 aliphatic heterocycles. The third-order valence-corrected chi connectivity index (χ3v) is 12.5. The molecule has 0 aliphatic carbocycles. The van der Waals surface area contributed by atoms with Gasteiger partial charge in [-0.15, -0.1) is 0 Å². The van der Waals surface area contributed by atoms with Crippen LogP contribution in [0, 0.1) is 13.8 Å². The van der Waals surface area contributed by atoms with E-state index >= 15 is 0 Å². The predicted molar refractivity (Wildman–Crippen MR) is 136 cm³/mol. The molecule has 0 unspecified atom stereocenters. The van der Waals surface area contributed by atoms with Crippen molar-refractivity contribution in [3.8, 4) is 5.75 Å². The number of methoxy groups -OCH3 is 1. The van der Waals surface area contributed by atoms with Gasteiger partial charge in [0.2, 0.25) is 10.5 Å². The van der Waals surface area contributed by atoms with Gasteiger partial charge in [-0.25, -0.2) is 0 Å². The van der Waals surface area contributed by atoms with Gasteiger partial charge in [0, 0.05) is 44.3 Å². The minimum absolute atomic E-state index is 0.00968. The van der Waals surface area contributed by atoms with Crippen LogP contribution in [0.3, 0.4) is 0 Å². The Bertz CT molecular complexity index is 782. The van der Waals surface area contributed by atoms with Gasteiger partial charge in [-0.1, -0.05) is 41.5 Å². The molecule has 0 spiro atoms. The Morgan fingerprint density at radius 2 is 1.55 bits per heavy atom. The van der Waals surface area contributed by atoms with Gasteiger partial charge in [0.15, 0.2) is 8.32 Å². The Balaban J connectivity index is 2.78. The van der Waals surface area contributed by atoms with Crippen LogP contribution in [-0.4, -0.2) is 39.1 Å². The first-order chi connectivity index (χ1) is 14.1. The van der Waals surface area contributed by atoms with E-state index in [1.54, 1.807) is 0 Å². The van der Waals surface area contributed by atoms with Gasteiger partial charge in [-0.2, -0.15) is 0 Å². The molecule has 1 saturated heterocycles. The molecular formula is C25H46O4Si2. The molecule has 1 aromatic carbocycles. The molecule has 0 aromatic heterocycles. The van der Waals surface area contributed by atoms with Crippen LogP contribution in [-0.2, 0) is 31.5 Å². The van der Waals surface area contributed by atoms with Crippen molar-refractivity contribution in [2.45, 2.75) is 104 Å². The van der Waals surface area contributed by atoms with Gasteiger partial charge in [-0.3, -0.25) is 0 Å². The lowest BCUT2D eigenvalue weighted by molar-refractivity contribution is -0.0958. The van der Waals surface area contributed by atoms with Crippen LogP contribution in [0.5, 0.6) is 5.75 Å². The lowest BCUT2D eigenvalue weighted by atomic mass is 9.74. The van der Waals surface area contributed by atoms with Crippen LogP contribution < -0.4 is 4.43 Å². The van der Waals surface area contributed by atoms with E-state index < -0.39 is 8.32 Å². The van der Waals surface area contributed by atoms with Gasteiger partial charge in [0.05, 0.1) is 6.61 Å². The molecule has 1 aliphatic rings. The first-order valence-electron chi connectivity index (χ1n) is 11.6. The highest BCUT2D eigenvalue weighted by Gasteiger charge is 2.42. The quantitative estimate of drug-likeness (QED) is 0.524. The van der Waals surface area contributed by atoms with Crippen LogP contribution in [0.4, 0.5) is 0 Å². The fraction of sp³-hybridized carbons (Fsp3) is 0.760. The Hall–Kier alpha value is -0.666. The molecule has 1 aromatic rings. The summed E-state index contributed by atoms with van der Waals surface area (Å²) in [5.41, 5.74) is 6.04. The molecule has 6 heteroatoms. The van der Waals surface area contributed by atoms with Gasteiger partial charge >= 0.3 is 0 Å². The third-order valence-electron chi connectivity index (χ3n) is 7.60. The average Bonchev–Trinajstić information content (AvgIpc) is 2.66. The molecule has 4 nitrogen and oxygen atoms in total. The van der Waals surface area contributed by atoms with Gasteiger partial charge in [0.25, 0.3) is 0 Å². The minimum Gasteiger partial charge on any atom is -0.553 e. The number of benzene rings is 1. The van der Waals surface area contributed by atoms with Crippen LogP contribution in [0.25, 0.3) is 0 Å². The van der Waals surface area contributed by atoms with E-state index in [1.807, 2.05) is 7.11 Å². The zero-order chi connectivity index (χ0) is 23.8. The molecule has 0 saturated carbocycles. The van der Waals surface area contributed by atoms with Crippen molar-refractivity contribution in [1.82, 2.24) is 0 Å². The van der Waals surface area contributed by atoms with Crippen molar-refractivity contribution < 1.29 is 18.3 Å². The van der Waals surface area contributed by atoms with E-state index in [9.17, 15) is 0 Å². The number of hydrogen-bond acceptors (Lipinski definition) is 4. The second-order valence-electron chi connectivity index (χ2n) is 11.6. The molecule has 178 valence electrons. The molecule has 0 atom stereocenters. The van der Waals surface area contributed by atoms with Crippen molar-refractivity contribution in [3.63, 3.8) is 0 Å². The molecule has 0 radical (unpaired) electrons. The summed E-state index contributed by atoms with van der Waals surface area (Å²) < 4.78 is 25.0. The summed E-state index contributed by atoms with van der Waals surface area (Å²) in [6, 6.07) is 0. The van der Waals surface area contributed by atoms with E-state index in [0.29, 0.717) is 30.3 Å². The standard InChI is InChI=1S/C25H46O4Si2/c1-17-18(2)21(25(26-9)12-14-27-15-13-25)22(29-30)19(20(17)23(3,4)5)16-28-31(10,11)24(6,7)8/h12-16H2,1-11,30H3. The molecule has 0 bridgehead atoms. The second kappa shape index (κ2) is 9.30. The van der Waals surface area contributed by atoms with Crippen molar-refractivity contribution in [2.24, 2.45) is 0 Å². The smallest absolute Gasteiger partial charge is 0.204 e. The summed E-state index contributed by atoms with van der Waals surface area (Å²) in [5.74, 6) is 1.00. The largest absolute Gasteiger partial charge is 0.553 e. The first-order valence-corrected chi connectivity index (χ1v) is 15.3. The first kappa shape index (κ1) is 26.6. The summed E-state index contributed by atoms with van der Waals surface area (Å²) >= 11 is 0. The Morgan fingerprint density at radius 3 is 1.97 bits per heavy atom. The van der Waals surface area contributed by atoms with Crippen molar-refractivity contribution >= 4 is 18.8 Å². The van der Waals surface area contributed by atoms with Crippen molar-refractivity contribution in [2.75, 3.05) is 20.3 Å². The second-order valence-corrected chi connectivity index (χ2v) is 16.8. The Kier molecular flexibility index (Phi) is 7.97. The van der Waals surface area contributed by atoms with Gasteiger partial charge in [-0.05, 0) is 54.1 Å². The van der Waals surface area contributed by atoms with E-state index in [1.165, 1.54) is 27.8 Å². The normalized spacial score (nSPS) is 17.8. The lowest BCUT2D eigenvalue weighted by Crippen LogP contribution is -2.41. The molecule has 2 rings (SSSR count). The highest BCUT2D eigenvalue weighted by Crippen LogP contribution is 2.49. The van der Waals surface area contributed by atoms with Crippen LogP contribution in [0.15, 0.2) is 0 Å². The number of rotatable bonds is 6. The van der Waals surface area contributed by atoms with Gasteiger partial charge in [0.1, 0.15) is 11.4 Å². The number of hydrogen-bond donors (Lipinski definition) is 0. The molecule has 1 fully saturated rings. The van der Waals surface area contributed by atoms with E-state index in [0.717, 1.165) is 18.6 Å². The number of ether oxygens (including phenoxy) is 2. The Morgan fingerprint density at radius 1 is 1.00 bits per heavy atom. The highest BCUT2D eigenvalue weighted by molar-refractivity contribution is 6.74. The SMILES string of the molecule is COC1(c2c(C)c(C)c(C(C)(C)C)c(CO[Si](C)(C)C(C)(C)C)c2O[SiH3])CCOCC1. The molecular weight excluding hydrogens is 420 g/mol. The summed E-state index contributed by atoms with van der Waals surface area (Å²) in [5, 5.41) is 0.161. The van der Waals surface area contributed by atoms with Crippen molar-refractivity contribution in [1.29, 1.82) is 0 Å². The zero-order valence-electron chi connectivity index (χ0n) is 22.2. The lowest BCUT2D eigenvalue weighted by Gasteiger charge is -2.42. The van der Waals surface area contributed by atoms with Gasteiger partial charge < -0.3 is 18.3 Å². The van der Waals surface area contributed by atoms with Crippen LogP contribution >= 0.6 is 0 Å². The maximum Gasteiger partial charge on any atom is 0.204 e. The molecule has 1 heterocycles. The average molecular weight is 467 g/mol. The van der Waals surface area contributed by atoms with Crippen LogP contribution in [0.1, 0.15) is 82.2 Å². The zero-order valence-corrected chi connectivity index (χ0v) is 25.2. The molecule has 0 N–H and O–H groups in total. The fourth-order valence-corrected chi connectivity index (χ4v) is 6.08. The van der Waals surface area contributed by atoms with E-state index in [2.05, 4.69) is 68.5 Å². The van der Waals surface area contributed by atoms with Crippen LogP contribution in [0.2, 0.25) is 18.1 Å². The third kappa shape index (κ3) is 5.13. The van der Waals surface area contributed by atoms with E-state index in [4.69, 9.17) is 18.3 Å². The Labute approximate surface area is 195 Å². The van der Waals surface area contributed by atoms with Crippen molar-refractivity contribution in [3.05, 3.63) is 27.8 Å². The van der Waals surface area contributed by atoms with E-state index in [-0.39, 0.29) is 16.1 Å². The maximum absolute atomic E-state index is 6.77. The predicted octanol–water partition coefficient (Wildman–Crippen LogP) is 5.43. The summed E-state index contributed by atoms with van der Waals surface area (Å²) in [7, 11) is 0.540. The summed E-state index contributed by atoms with van der Waals surface area (Å²) in [4.78, 5) is 0. The summed E-state index contributed by atoms with van der Waals surface area (Å²) in [6.07, 6.45) is 1.69. The monoisotopic (exact) mass is 466 g/mol. The fourth-order valence-electron chi connectivity index (χ4n) is 4.69.